The number of rotatable bonds is 7. The predicted octanol–water partition coefficient (Wildman–Crippen LogP) is 4.68. The maximum absolute atomic E-state index is 13.9. The average Bonchev–Trinajstić information content (AvgIpc) is 3.58. The van der Waals surface area contributed by atoms with Crippen molar-refractivity contribution in [1.29, 1.82) is 0 Å². The topological polar surface area (TPSA) is 103 Å². The van der Waals surface area contributed by atoms with Crippen molar-refractivity contribution < 1.29 is 27.6 Å². The van der Waals surface area contributed by atoms with E-state index >= 15 is 0 Å². The van der Waals surface area contributed by atoms with E-state index in [4.69, 9.17) is 11.6 Å². The number of alkyl halides is 3. The number of aryl methyl sites for hydroxylation is 1. The van der Waals surface area contributed by atoms with Crippen molar-refractivity contribution in [2.45, 2.75) is 51.6 Å². The normalized spacial score (nSPS) is 16.2. The van der Waals surface area contributed by atoms with E-state index in [0.717, 1.165) is 17.0 Å². The van der Waals surface area contributed by atoms with Gasteiger partial charge in [-0.25, -0.2) is 4.98 Å². The first-order valence-corrected chi connectivity index (χ1v) is 14.1. The number of carbonyl (C=O) groups is 3. The van der Waals surface area contributed by atoms with E-state index in [1.54, 1.807) is 41.2 Å². The maximum atomic E-state index is 13.9. The number of anilines is 3. The molecule has 1 unspecified atom stereocenters. The molecule has 14 heteroatoms. The molecule has 2 aliphatic heterocycles. The summed E-state index contributed by atoms with van der Waals surface area (Å²) in [5, 5.41) is 0.344. The summed E-state index contributed by atoms with van der Waals surface area (Å²) in [5.74, 6) is -1.43. The fraction of sp³-hybridized carbons (Fsp3) is 0.333. The molecule has 0 aliphatic carbocycles. The molecule has 3 amide bonds. The van der Waals surface area contributed by atoms with E-state index in [1.807, 2.05) is 0 Å². The van der Waals surface area contributed by atoms with Crippen LogP contribution in [0.5, 0.6) is 0 Å². The zero-order valence-corrected chi connectivity index (χ0v) is 25.0. The quantitative estimate of drug-likeness (QED) is 0.351. The molecule has 10 nitrogen and oxygen atoms in total. The Kier molecular flexibility index (Phi) is 8.34. The number of amides is 3. The van der Waals surface area contributed by atoms with Crippen molar-refractivity contribution in [2.24, 2.45) is 0 Å². The first-order chi connectivity index (χ1) is 20.8. The summed E-state index contributed by atoms with van der Waals surface area (Å²) in [6.45, 7) is 5.85. The van der Waals surface area contributed by atoms with Crippen LogP contribution in [-0.2, 0) is 40.2 Å². The summed E-state index contributed by atoms with van der Waals surface area (Å²) in [6.07, 6.45) is -1.69. The second kappa shape index (κ2) is 11.9. The van der Waals surface area contributed by atoms with E-state index in [-0.39, 0.29) is 36.8 Å². The van der Waals surface area contributed by atoms with Gasteiger partial charge in [0.2, 0.25) is 17.7 Å². The van der Waals surface area contributed by atoms with Gasteiger partial charge in [-0.15, -0.1) is 0 Å². The lowest BCUT2D eigenvalue weighted by molar-refractivity contribution is -0.137. The van der Waals surface area contributed by atoms with Gasteiger partial charge in [0, 0.05) is 26.2 Å². The predicted molar refractivity (Wildman–Crippen MR) is 158 cm³/mol. The summed E-state index contributed by atoms with van der Waals surface area (Å²) in [4.78, 5) is 57.9. The number of carbonyl (C=O) groups excluding carboxylic acids is 3. The van der Waals surface area contributed by atoms with Gasteiger partial charge in [-0.2, -0.15) is 13.2 Å². The minimum absolute atomic E-state index is 0.0175. The van der Waals surface area contributed by atoms with Gasteiger partial charge in [0.25, 0.3) is 0 Å². The zero-order chi connectivity index (χ0) is 31.9. The fourth-order valence-electron chi connectivity index (χ4n) is 5.49. The number of para-hydroxylation sites is 1. The van der Waals surface area contributed by atoms with E-state index in [0.29, 0.717) is 46.6 Å². The van der Waals surface area contributed by atoms with Crippen LogP contribution in [0.4, 0.5) is 30.4 Å². The highest BCUT2D eigenvalue weighted by Gasteiger charge is 2.41. The molecule has 5 rings (SSSR count). The molecule has 1 saturated heterocycles. The molecule has 0 N–H and O–H groups in total. The van der Waals surface area contributed by atoms with Crippen LogP contribution in [0.1, 0.15) is 41.2 Å². The van der Waals surface area contributed by atoms with Crippen LogP contribution in [0.15, 0.2) is 49.2 Å². The van der Waals surface area contributed by atoms with Crippen molar-refractivity contribution in [3.8, 4) is 0 Å². The Morgan fingerprint density at radius 2 is 1.89 bits per heavy atom. The molecule has 230 valence electrons. The van der Waals surface area contributed by atoms with Crippen LogP contribution >= 0.6 is 11.6 Å². The van der Waals surface area contributed by atoms with Gasteiger partial charge in [-0.3, -0.25) is 29.3 Å². The summed E-state index contributed by atoms with van der Waals surface area (Å²) >= 11 is 6.64. The van der Waals surface area contributed by atoms with Crippen molar-refractivity contribution in [3.63, 3.8) is 0 Å². The number of aromatic nitrogens is 3. The number of hydrogen-bond donors (Lipinski definition) is 0. The third-order valence-electron chi connectivity index (χ3n) is 7.60. The Morgan fingerprint density at radius 1 is 1.16 bits per heavy atom. The first-order valence-electron chi connectivity index (χ1n) is 13.7. The minimum atomic E-state index is -4.65. The minimum Gasteiger partial charge on any atom is -0.366 e. The van der Waals surface area contributed by atoms with Gasteiger partial charge in [-0.1, -0.05) is 24.2 Å². The van der Waals surface area contributed by atoms with Crippen molar-refractivity contribution in [2.75, 3.05) is 28.8 Å². The van der Waals surface area contributed by atoms with Crippen LogP contribution in [0.2, 0.25) is 5.02 Å². The second-order valence-corrected chi connectivity index (χ2v) is 11.1. The van der Waals surface area contributed by atoms with Gasteiger partial charge in [0.05, 0.1) is 64.9 Å². The summed E-state index contributed by atoms with van der Waals surface area (Å²) in [5.41, 5.74) is 2.04. The lowest BCUT2D eigenvalue weighted by Crippen LogP contribution is -2.46. The molecular weight excluding hydrogens is 599 g/mol. The number of halogens is 4. The lowest BCUT2D eigenvalue weighted by atomic mass is 10.1. The Morgan fingerprint density at radius 3 is 2.59 bits per heavy atom. The lowest BCUT2D eigenvalue weighted by Gasteiger charge is -2.31. The van der Waals surface area contributed by atoms with E-state index in [1.165, 1.54) is 24.9 Å². The molecule has 1 aromatic carbocycles. The molecule has 0 bridgehead atoms. The number of nitrogens with zero attached hydrogens (tertiary/aromatic N) is 7. The highest BCUT2D eigenvalue weighted by atomic mass is 35.5. The summed E-state index contributed by atoms with van der Waals surface area (Å²) in [6, 6.07) is 5.65. The number of likely N-dealkylation sites (N-methyl/N-ethyl adjacent to an activating group) is 1. The molecule has 4 heterocycles. The Balaban J connectivity index is 1.40. The maximum Gasteiger partial charge on any atom is 0.416 e. The van der Waals surface area contributed by atoms with E-state index in [2.05, 4.69) is 21.5 Å². The third kappa shape index (κ3) is 5.96. The molecular formula is C30H29ClF3N7O3. The third-order valence-corrected chi connectivity index (χ3v) is 7.90. The standard InChI is InChI=1S/C30H29ClF3N7O3/c1-5-26(42)40-15-21-22(16-40)37-19(13-35-21)14-38(3)28-20(31)7-6-8-23(28)39(4)29(44)24-9-10-27(43)41(24)25-12-18(30(32,33)34)11-17(2)36-25/h5-8,11-13,24H,1,9-10,14-16H2,2-4H3. The van der Waals surface area contributed by atoms with Crippen LogP contribution < -0.4 is 14.7 Å². The number of fused-ring (bicyclic) bond motifs is 1. The smallest absolute Gasteiger partial charge is 0.366 e. The van der Waals surface area contributed by atoms with Crippen LogP contribution in [0.25, 0.3) is 0 Å². The van der Waals surface area contributed by atoms with Gasteiger partial charge >= 0.3 is 6.18 Å². The number of benzene rings is 1. The molecule has 44 heavy (non-hydrogen) atoms. The number of hydrogen-bond acceptors (Lipinski definition) is 7. The Labute approximate surface area is 256 Å². The highest BCUT2D eigenvalue weighted by molar-refractivity contribution is 6.34. The van der Waals surface area contributed by atoms with Gasteiger partial charge in [0.1, 0.15) is 11.9 Å². The average molecular weight is 628 g/mol. The Bertz CT molecular complexity index is 1670. The van der Waals surface area contributed by atoms with Crippen molar-refractivity contribution >= 4 is 46.5 Å². The molecule has 2 aromatic heterocycles. The van der Waals surface area contributed by atoms with E-state index in [9.17, 15) is 27.6 Å². The summed E-state index contributed by atoms with van der Waals surface area (Å²) in [7, 11) is 3.30. The monoisotopic (exact) mass is 627 g/mol. The van der Waals surface area contributed by atoms with Gasteiger partial charge in [0.15, 0.2) is 0 Å². The molecule has 0 spiro atoms. The molecule has 3 aromatic rings. The molecule has 0 saturated carbocycles. The van der Waals surface area contributed by atoms with Crippen LogP contribution in [-0.4, -0.2) is 57.7 Å². The molecule has 1 fully saturated rings. The molecule has 0 radical (unpaired) electrons. The SMILES string of the molecule is C=CC(=O)N1Cc2ncc(CN(C)c3c(Cl)cccc3N(C)C(=O)C3CCC(=O)N3c3cc(C(F)(F)F)cc(C)n3)nc2C1. The second-order valence-electron chi connectivity index (χ2n) is 10.7. The van der Waals surface area contributed by atoms with Crippen LogP contribution in [0, 0.1) is 6.92 Å². The first kappa shape index (κ1) is 30.9. The van der Waals surface area contributed by atoms with Crippen molar-refractivity contribution in [1.82, 2.24) is 19.9 Å². The largest absolute Gasteiger partial charge is 0.416 e. The van der Waals surface area contributed by atoms with Crippen LogP contribution in [0.3, 0.4) is 0 Å². The van der Waals surface area contributed by atoms with Crippen molar-refractivity contribution in [3.05, 3.63) is 82.5 Å². The Hall–Kier alpha value is -4.52. The summed E-state index contributed by atoms with van der Waals surface area (Å²) < 4.78 is 40.6. The molecule has 2 aliphatic rings. The van der Waals surface area contributed by atoms with Gasteiger partial charge < -0.3 is 14.7 Å². The van der Waals surface area contributed by atoms with Gasteiger partial charge in [-0.05, 0) is 43.7 Å². The number of pyridine rings is 1. The fourth-order valence-corrected chi connectivity index (χ4v) is 5.80. The molecule has 1 atom stereocenters. The van der Waals surface area contributed by atoms with E-state index < -0.39 is 29.6 Å². The zero-order valence-electron chi connectivity index (χ0n) is 24.2. The highest BCUT2D eigenvalue weighted by Crippen LogP contribution is 2.38.